The highest BCUT2D eigenvalue weighted by Crippen LogP contribution is 2.16. The average molecular weight is 376 g/mol. The normalized spacial score (nSPS) is 10.4. The molecule has 2 aromatic heterocycles. The van der Waals surface area contributed by atoms with Gasteiger partial charge in [0.2, 0.25) is 0 Å². The number of nitrogens with one attached hydrogen (secondary N) is 2. The third-order valence-corrected chi connectivity index (χ3v) is 4.12. The minimum atomic E-state index is -0.811. The molecule has 134 valence electrons. The Morgan fingerprint density at radius 1 is 1.15 bits per heavy atom. The van der Waals surface area contributed by atoms with Gasteiger partial charge in [0, 0.05) is 17.0 Å². The molecule has 0 atom stereocenters. The number of benzene rings is 1. The van der Waals surface area contributed by atoms with Crippen LogP contribution in [0.15, 0.2) is 48.0 Å². The highest BCUT2D eigenvalue weighted by atomic mass is 32.1. The third kappa shape index (κ3) is 4.73. The number of rotatable bonds is 6. The van der Waals surface area contributed by atoms with Gasteiger partial charge in [-0.25, -0.2) is 18.6 Å². The number of aromatic nitrogens is 2. The third-order valence-electron chi connectivity index (χ3n) is 3.27. The van der Waals surface area contributed by atoms with Gasteiger partial charge in [-0.1, -0.05) is 24.3 Å². The van der Waals surface area contributed by atoms with Crippen molar-refractivity contribution in [3.05, 3.63) is 70.1 Å². The lowest BCUT2D eigenvalue weighted by atomic mass is 10.2. The highest BCUT2D eigenvalue weighted by molar-refractivity contribution is 7.09. The first kappa shape index (κ1) is 17.7. The number of hydrogen-bond donors (Lipinski definition) is 2. The monoisotopic (exact) mass is 376 g/mol. The smallest absolute Gasteiger partial charge is 0.320 e. The van der Waals surface area contributed by atoms with Crippen LogP contribution in [0.1, 0.15) is 10.4 Å². The summed E-state index contributed by atoms with van der Waals surface area (Å²) >= 11 is 1.50. The van der Waals surface area contributed by atoms with Gasteiger partial charge in [-0.15, -0.1) is 11.3 Å². The molecule has 6 nitrogen and oxygen atoms in total. The number of carbonyl (C=O) groups excluding carboxylic acids is 1. The molecule has 2 amide bonds. The summed E-state index contributed by atoms with van der Waals surface area (Å²) in [5.41, 5.74) is 0.311. The average Bonchev–Trinajstić information content (AvgIpc) is 3.15. The van der Waals surface area contributed by atoms with E-state index in [1.54, 1.807) is 12.1 Å². The van der Waals surface area contributed by atoms with Gasteiger partial charge in [-0.2, -0.15) is 4.98 Å². The molecule has 0 saturated heterocycles. The van der Waals surface area contributed by atoms with E-state index in [4.69, 9.17) is 4.74 Å². The van der Waals surface area contributed by atoms with E-state index in [1.807, 2.05) is 17.5 Å². The molecule has 9 heteroatoms. The van der Waals surface area contributed by atoms with Crippen LogP contribution in [0.2, 0.25) is 0 Å². The highest BCUT2D eigenvalue weighted by Gasteiger charge is 2.12. The number of anilines is 1. The molecule has 0 bridgehead atoms. The summed E-state index contributed by atoms with van der Waals surface area (Å²) in [7, 11) is 0. The second-order valence-electron chi connectivity index (χ2n) is 5.12. The van der Waals surface area contributed by atoms with Crippen molar-refractivity contribution in [1.82, 2.24) is 15.3 Å². The van der Waals surface area contributed by atoms with Gasteiger partial charge >= 0.3 is 12.0 Å². The largest absolute Gasteiger partial charge is 0.458 e. The zero-order valence-corrected chi connectivity index (χ0v) is 14.2. The quantitative estimate of drug-likeness (QED) is 0.688. The Balaban J connectivity index is 1.58. The van der Waals surface area contributed by atoms with E-state index in [0.29, 0.717) is 5.56 Å². The topological polar surface area (TPSA) is 76.1 Å². The minimum absolute atomic E-state index is 0.0487. The molecule has 0 saturated carbocycles. The molecule has 0 radical (unpaired) electrons. The van der Waals surface area contributed by atoms with E-state index in [9.17, 15) is 13.6 Å². The number of ether oxygens (including phenoxy) is 1. The number of carbonyl (C=O) groups is 1. The maximum atomic E-state index is 13.8. The number of urea groups is 1. The molecule has 26 heavy (non-hydrogen) atoms. The van der Waals surface area contributed by atoms with Crippen LogP contribution >= 0.6 is 11.3 Å². The van der Waals surface area contributed by atoms with Crippen LogP contribution < -0.4 is 15.4 Å². The van der Waals surface area contributed by atoms with E-state index in [2.05, 4.69) is 20.6 Å². The van der Waals surface area contributed by atoms with E-state index in [-0.39, 0.29) is 25.0 Å². The van der Waals surface area contributed by atoms with Crippen molar-refractivity contribution in [1.29, 1.82) is 0 Å². The van der Waals surface area contributed by atoms with Gasteiger partial charge in [0.1, 0.15) is 12.4 Å². The number of hydrogen-bond acceptors (Lipinski definition) is 5. The van der Waals surface area contributed by atoms with Gasteiger partial charge < -0.3 is 10.1 Å². The molecule has 0 fully saturated rings. The predicted octanol–water partition coefficient (Wildman–Crippen LogP) is 3.72. The molecule has 2 N–H and O–H groups in total. The van der Waals surface area contributed by atoms with Gasteiger partial charge in [0.25, 0.3) is 0 Å². The summed E-state index contributed by atoms with van der Waals surface area (Å²) in [6.45, 7) is 0.190. The Morgan fingerprint density at radius 3 is 2.77 bits per heavy atom. The Bertz CT molecular complexity index is 890. The maximum absolute atomic E-state index is 13.8. The van der Waals surface area contributed by atoms with Crippen LogP contribution in [0, 0.1) is 11.6 Å². The van der Waals surface area contributed by atoms with Crippen molar-refractivity contribution in [3.63, 3.8) is 0 Å². The van der Waals surface area contributed by atoms with Crippen LogP contribution in [0.25, 0.3) is 0 Å². The summed E-state index contributed by atoms with van der Waals surface area (Å²) in [6, 6.07) is 8.99. The molecular weight excluding hydrogens is 362 g/mol. The first-order valence-electron chi connectivity index (χ1n) is 7.58. The predicted molar refractivity (Wildman–Crippen MR) is 92.9 cm³/mol. The fourth-order valence-electron chi connectivity index (χ4n) is 2.01. The Labute approximate surface area is 151 Å². The first-order chi connectivity index (χ1) is 12.6. The molecule has 0 aliphatic rings. The van der Waals surface area contributed by atoms with Crippen molar-refractivity contribution >= 4 is 23.2 Å². The van der Waals surface area contributed by atoms with E-state index >= 15 is 0 Å². The molecule has 2 heterocycles. The second kappa shape index (κ2) is 8.34. The van der Waals surface area contributed by atoms with Crippen LogP contribution in [-0.2, 0) is 13.2 Å². The van der Waals surface area contributed by atoms with Crippen LogP contribution in [-0.4, -0.2) is 16.0 Å². The van der Waals surface area contributed by atoms with Gasteiger partial charge in [-0.3, -0.25) is 5.32 Å². The molecule has 3 aromatic rings. The second-order valence-corrected chi connectivity index (χ2v) is 6.15. The SMILES string of the molecule is O=C(NCc1ccccc1F)Nc1nc(OCc2cccs2)ncc1F. The van der Waals surface area contributed by atoms with Gasteiger partial charge in [-0.05, 0) is 17.5 Å². The molecule has 0 spiro atoms. The van der Waals surface area contributed by atoms with Crippen LogP contribution in [0.5, 0.6) is 6.01 Å². The van der Waals surface area contributed by atoms with E-state index in [0.717, 1.165) is 11.1 Å². The van der Waals surface area contributed by atoms with E-state index in [1.165, 1.54) is 23.5 Å². The summed E-state index contributed by atoms with van der Waals surface area (Å²) in [6.07, 6.45) is 0.906. The Morgan fingerprint density at radius 2 is 2.00 bits per heavy atom. The zero-order chi connectivity index (χ0) is 18.4. The summed E-state index contributed by atoms with van der Waals surface area (Å²) < 4.78 is 32.7. The van der Waals surface area contributed by atoms with E-state index < -0.39 is 17.7 Å². The lowest BCUT2D eigenvalue weighted by Gasteiger charge is -2.09. The number of thiophene rings is 1. The fraction of sp³-hybridized carbons (Fsp3) is 0.118. The van der Waals surface area contributed by atoms with Crippen LogP contribution in [0.4, 0.5) is 19.4 Å². The summed E-state index contributed by atoms with van der Waals surface area (Å²) in [4.78, 5) is 20.4. The summed E-state index contributed by atoms with van der Waals surface area (Å²) in [5.74, 6) is -1.58. The molecular formula is C17H14F2N4O2S. The van der Waals surface area contributed by atoms with Crippen molar-refractivity contribution in [2.24, 2.45) is 0 Å². The molecule has 0 aliphatic carbocycles. The standard InChI is InChI=1S/C17H14F2N4O2S/c18-13-6-2-1-4-11(13)8-20-16(24)22-15-14(19)9-21-17(23-15)25-10-12-5-3-7-26-12/h1-7,9H,8,10H2,(H2,20,21,22,23,24). The minimum Gasteiger partial charge on any atom is -0.458 e. The van der Waals surface area contributed by atoms with Crippen molar-refractivity contribution in [3.8, 4) is 6.01 Å². The van der Waals surface area contributed by atoms with Crippen LogP contribution in [0.3, 0.4) is 0 Å². The Hall–Kier alpha value is -3.07. The molecule has 3 rings (SSSR count). The lowest BCUT2D eigenvalue weighted by molar-refractivity contribution is 0.251. The van der Waals surface area contributed by atoms with Crippen molar-refractivity contribution < 1.29 is 18.3 Å². The maximum Gasteiger partial charge on any atom is 0.320 e. The first-order valence-corrected chi connectivity index (χ1v) is 8.46. The zero-order valence-electron chi connectivity index (χ0n) is 13.4. The number of halogens is 2. The molecule has 0 unspecified atom stereocenters. The number of amides is 2. The van der Waals surface area contributed by atoms with Gasteiger partial charge in [0.15, 0.2) is 11.6 Å². The Kier molecular flexibility index (Phi) is 5.69. The molecule has 0 aliphatic heterocycles. The summed E-state index contributed by atoms with van der Waals surface area (Å²) in [5, 5.41) is 6.59. The van der Waals surface area contributed by atoms with Crippen molar-refractivity contribution in [2.75, 3.05) is 5.32 Å². The van der Waals surface area contributed by atoms with Crippen molar-refractivity contribution in [2.45, 2.75) is 13.2 Å². The van der Waals surface area contributed by atoms with Gasteiger partial charge in [0.05, 0.1) is 6.20 Å². The lowest BCUT2D eigenvalue weighted by Crippen LogP contribution is -2.29. The molecule has 1 aromatic carbocycles. The fourth-order valence-corrected chi connectivity index (χ4v) is 2.62. The number of nitrogens with zero attached hydrogens (tertiary/aromatic N) is 2.